The summed E-state index contributed by atoms with van der Waals surface area (Å²) >= 11 is 1.43. The van der Waals surface area contributed by atoms with E-state index in [2.05, 4.69) is 27.7 Å². The van der Waals surface area contributed by atoms with Gasteiger partial charge in [0, 0.05) is 24.2 Å². The maximum absolute atomic E-state index is 11.0. The lowest BCUT2D eigenvalue weighted by atomic mass is 9.52. The summed E-state index contributed by atoms with van der Waals surface area (Å²) in [6.07, 6.45) is 12.4. The predicted octanol–water partition coefficient (Wildman–Crippen LogP) is 3.75. The second-order valence-electron chi connectivity index (χ2n) is 10.3. The van der Waals surface area contributed by atoms with Gasteiger partial charge in [-0.25, -0.2) is 0 Å². The fourth-order valence-electron chi connectivity index (χ4n) is 6.48. The van der Waals surface area contributed by atoms with Gasteiger partial charge in [0.1, 0.15) is 10.6 Å². The monoisotopic (exact) mass is 424 g/mol. The Morgan fingerprint density at radius 3 is 2.60 bits per heavy atom. The van der Waals surface area contributed by atoms with Crippen LogP contribution in [0.1, 0.15) is 62.2 Å². The molecule has 5 atom stereocenters. The van der Waals surface area contributed by atoms with Gasteiger partial charge >= 0.3 is 0 Å². The molecule has 158 valence electrons. The van der Waals surface area contributed by atoms with E-state index in [0.717, 1.165) is 53.2 Å². The highest BCUT2D eigenvalue weighted by atomic mass is 32.1. The van der Waals surface area contributed by atoms with E-state index in [1.165, 1.54) is 24.2 Å². The molecule has 7 heteroatoms. The Morgan fingerprint density at radius 1 is 1.17 bits per heavy atom. The SMILES string of the molecule is CC(C)(O)c1nnc(-c2cnc3c(c2NC2[C@@H]4CC5C[C@H]2CC(O)(C5)C4)C=CC3)s1. The number of aromatic nitrogens is 3. The summed E-state index contributed by atoms with van der Waals surface area (Å²) in [4.78, 5) is 4.70. The van der Waals surface area contributed by atoms with E-state index in [9.17, 15) is 10.2 Å². The zero-order chi connectivity index (χ0) is 20.7. The van der Waals surface area contributed by atoms with Crippen LogP contribution in [0.4, 0.5) is 5.69 Å². The van der Waals surface area contributed by atoms with Crippen LogP contribution in [0.2, 0.25) is 0 Å². The molecule has 3 unspecified atom stereocenters. The molecule has 2 aromatic heterocycles. The summed E-state index contributed by atoms with van der Waals surface area (Å²) in [7, 11) is 0. The number of hydrogen-bond acceptors (Lipinski definition) is 7. The number of rotatable bonds is 4. The molecule has 5 aliphatic carbocycles. The van der Waals surface area contributed by atoms with Crippen LogP contribution in [0.3, 0.4) is 0 Å². The molecule has 0 aromatic carbocycles. The molecule has 0 amide bonds. The molecule has 4 bridgehead atoms. The zero-order valence-electron chi connectivity index (χ0n) is 17.4. The minimum atomic E-state index is -1.01. The van der Waals surface area contributed by atoms with Crippen LogP contribution in [0.15, 0.2) is 12.3 Å². The van der Waals surface area contributed by atoms with Crippen LogP contribution in [-0.4, -0.2) is 37.0 Å². The molecule has 7 rings (SSSR count). The van der Waals surface area contributed by atoms with Gasteiger partial charge in [-0.1, -0.05) is 23.5 Å². The van der Waals surface area contributed by atoms with Crippen molar-refractivity contribution in [3.8, 4) is 10.6 Å². The van der Waals surface area contributed by atoms with Gasteiger partial charge in [-0.15, -0.1) is 10.2 Å². The van der Waals surface area contributed by atoms with Crippen molar-refractivity contribution in [1.82, 2.24) is 15.2 Å². The average molecular weight is 425 g/mol. The van der Waals surface area contributed by atoms with Crippen molar-refractivity contribution in [2.24, 2.45) is 17.8 Å². The van der Waals surface area contributed by atoms with Crippen molar-refractivity contribution in [3.05, 3.63) is 28.5 Å². The Hall–Kier alpha value is -1.83. The Balaban J connectivity index is 1.39. The van der Waals surface area contributed by atoms with Gasteiger partial charge < -0.3 is 15.5 Å². The van der Waals surface area contributed by atoms with E-state index >= 15 is 0 Å². The number of pyridine rings is 1. The van der Waals surface area contributed by atoms with Crippen molar-refractivity contribution in [3.63, 3.8) is 0 Å². The Kier molecular flexibility index (Phi) is 4.00. The number of nitrogens with zero attached hydrogens (tertiary/aromatic N) is 3. The molecule has 0 radical (unpaired) electrons. The molecule has 0 saturated heterocycles. The fraction of sp³-hybridized carbons (Fsp3) is 0.609. The van der Waals surface area contributed by atoms with Crippen molar-refractivity contribution < 1.29 is 10.2 Å². The Labute approximate surface area is 180 Å². The highest BCUT2D eigenvalue weighted by Gasteiger charge is 2.54. The number of fused-ring (bicyclic) bond motifs is 1. The van der Waals surface area contributed by atoms with Gasteiger partial charge in [-0.3, -0.25) is 4.98 Å². The Morgan fingerprint density at radius 2 is 1.93 bits per heavy atom. The highest BCUT2D eigenvalue weighted by molar-refractivity contribution is 7.14. The van der Waals surface area contributed by atoms with Gasteiger partial charge in [0.2, 0.25) is 0 Å². The van der Waals surface area contributed by atoms with Crippen LogP contribution in [0.25, 0.3) is 16.6 Å². The normalized spacial score (nSPS) is 33.9. The molecule has 2 aromatic rings. The topological polar surface area (TPSA) is 91.2 Å². The average Bonchev–Trinajstić information content (AvgIpc) is 3.32. The minimum Gasteiger partial charge on any atom is -0.390 e. The summed E-state index contributed by atoms with van der Waals surface area (Å²) in [5, 5.41) is 35.3. The first kappa shape index (κ1) is 18.9. The maximum atomic E-state index is 11.0. The highest BCUT2D eigenvalue weighted by Crippen LogP contribution is 2.56. The molecule has 3 N–H and O–H groups in total. The van der Waals surface area contributed by atoms with Crippen LogP contribution < -0.4 is 5.32 Å². The minimum absolute atomic E-state index is 0.378. The largest absolute Gasteiger partial charge is 0.390 e. The molecule has 0 aliphatic heterocycles. The van der Waals surface area contributed by atoms with Crippen molar-refractivity contribution in [1.29, 1.82) is 0 Å². The van der Waals surface area contributed by atoms with Crippen molar-refractivity contribution in [2.45, 2.75) is 69.6 Å². The Bertz CT molecular complexity index is 1020. The second kappa shape index (κ2) is 6.34. The quantitative estimate of drug-likeness (QED) is 0.692. The third-order valence-electron chi connectivity index (χ3n) is 7.53. The van der Waals surface area contributed by atoms with Crippen molar-refractivity contribution >= 4 is 23.1 Å². The summed E-state index contributed by atoms with van der Waals surface area (Å²) in [6.45, 7) is 3.47. The number of aliphatic hydroxyl groups is 2. The molecule has 4 fully saturated rings. The van der Waals surface area contributed by atoms with Crippen molar-refractivity contribution in [2.75, 3.05) is 5.32 Å². The molecular weight excluding hydrogens is 396 g/mol. The third-order valence-corrected chi connectivity index (χ3v) is 8.79. The number of anilines is 1. The third kappa shape index (κ3) is 2.93. The van der Waals surface area contributed by atoms with E-state index in [0.29, 0.717) is 28.8 Å². The van der Waals surface area contributed by atoms with E-state index in [-0.39, 0.29) is 0 Å². The molecule has 5 aliphatic rings. The molecule has 30 heavy (non-hydrogen) atoms. The van der Waals surface area contributed by atoms with Crippen LogP contribution >= 0.6 is 11.3 Å². The smallest absolute Gasteiger partial charge is 0.151 e. The van der Waals surface area contributed by atoms with Gasteiger partial charge in [-0.05, 0) is 63.7 Å². The lowest BCUT2D eigenvalue weighted by Gasteiger charge is -2.58. The van der Waals surface area contributed by atoms with Gasteiger partial charge in [0.15, 0.2) is 5.01 Å². The number of hydrogen-bond donors (Lipinski definition) is 3. The molecule has 2 heterocycles. The summed E-state index contributed by atoms with van der Waals surface area (Å²) in [6, 6.07) is 0.378. The lowest BCUT2D eigenvalue weighted by molar-refractivity contribution is -0.129. The van der Waals surface area contributed by atoms with E-state index < -0.39 is 11.2 Å². The van der Waals surface area contributed by atoms with Crippen LogP contribution in [0, 0.1) is 17.8 Å². The van der Waals surface area contributed by atoms with Gasteiger partial charge in [0.25, 0.3) is 0 Å². The molecule has 4 saturated carbocycles. The van der Waals surface area contributed by atoms with Gasteiger partial charge in [0.05, 0.1) is 22.5 Å². The molecule has 6 nitrogen and oxygen atoms in total. The zero-order valence-corrected chi connectivity index (χ0v) is 18.2. The molecule has 0 spiro atoms. The summed E-state index contributed by atoms with van der Waals surface area (Å²) in [5.41, 5.74) is 2.86. The lowest BCUT2D eigenvalue weighted by Crippen LogP contribution is -2.59. The van der Waals surface area contributed by atoms with Crippen LogP contribution in [-0.2, 0) is 12.0 Å². The van der Waals surface area contributed by atoms with E-state index in [1.54, 1.807) is 13.8 Å². The standard InChI is InChI=1S/C23H28N4O2S/c1-22(2,28)21-27-26-20(30-21)16-11-24-17-5-3-4-15(17)19(16)25-18-13-6-12-7-14(18)10-23(29,8-12)9-13/h3-4,11-14,18,28-29H,5-10H2,1-2H3,(H,24,25)/t12?,13-,14+,18?,23?. The van der Waals surface area contributed by atoms with Crippen LogP contribution in [0.5, 0.6) is 0 Å². The predicted molar refractivity (Wildman–Crippen MR) is 117 cm³/mol. The van der Waals surface area contributed by atoms with Gasteiger partial charge in [-0.2, -0.15) is 0 Å². The fourth-order valence-corrected chi connectivity index (χ4v) is 7.34. The first-order valence-corrected chi connectivity index (χ1v) is 11.8. The summed E-state index contributed by atoms with van der Waals surface area (Å²) in [5.74, 6) is 1.72. The number of nitrogens with one attached hydrogen (secondary N) is 1. The second-order valence-corrected chi connectivity index (χ2v) is 11.3. The maximum Gasteiger partial charge on any atom is 0.151 e. The summed E-state index contributed by atoms with van der Waals surface area (Å²) < 4.78 is 0. The molecular formula is C23H28N4O2S. The van der Waals surface area contributed by atoms with E-state index in [1.807, 2.05) is 6.20 Å². The number of allylic oxidation sites excluding steroid dienone is 1. The first-order valence-electron chi connectivity index (χ1n) is 11.0. The first-order chi connectivity index (χ1) is 14.3. The van der Waals surface area contributed by atoms with E-state index in [4.69, 9.17) is 4.98 Å².